The van der Waals surface area contributed by atoms with Crippen LogP contribution in [-0.4, -0.2) is 12.4 Å². The lowest BCUT2D eigenvalue weighted by Gasteiger charge is -2.17. The number of aryl methyl sites for hydroxylation is 2. The van der Waals surface area contributed by atoms with Gasteiger partial charge in [0.15, 0.2) is 5.76 Å². The van der Waals surface area contributed by atoms with Gasteiger partial charge in [0.2, 0.25) is 5.78 Å². The molecule has 1 aliphatic rings. The summed E-state index contributed by atoms with van der Waals surface area (Å²) >= 11 is 0. The fraction of sp³-hybridized carbons (Fsp3) is 0.211. The van der Waals surface area contributed by atoms with Crippen LogP contribution in [0.2, 0.25) is 0 Å². The third-order valence-electron chi connectivity index (χ3n) is 4.28. The molecule has 0 bridgehead atoms. The van der Waals surface area contributed by atoms with E-state index in [2.05, 4.69) is 0 Å². The van der Waals surface area contributed by atoms with Crippen molar-refractivity contribution in [3.8, 4) is 5.75 Å². The highest BCUT2D eigenvalue weighted by Gasteiger charge is 2.24. The zero-order valence-electron chi connectivity index (χ0n) is 12.7. The number of hydrogen-bond acceptors (Lipinski definition) is 3. The SMILES string of the molecule is Cc1c(C(=O)c2ccc(F)cc2)oc2ccc3c(c12)OCCC3. The molecular formula is C19H15FO3. The topological polar surface area (TPSA) is 39.4 Å². The number of furan rings is 1. The Balaban J connectivity index is 1.86. The van der Waals surface area contributed by atoms with E-state index in [-0.39, 0.29) is 17.4 Å². The molecule has 3 aromatic rings. The summed E-state index contributed by atoms with van der Waals surface area (Å²) in [6, 6.07) is 9.36. The molecule has 0 aliphatic carbocycles. The maximum atomic E-state index is 13.0. The minimum Gasteiger partial charge on any atom is -0.493 e. The Kier molecular flexibility index (Phi) is 3.18. The smallest absolute Gasteiger partial charge is 0.228 e. The van der Waals surface area contributed by atoms with Crippen molar-refractivity contribution in [3.63, 3.8) is 0 Å². The molecule has 0 amide bonds. The van der Waals surface area contributed by atoms with Gasteiger partial charge in [0.05, 0.1) is 12.0 Å². The number of hydrogen-bond donors (Lipinski definition) is 0. The summed E-state index contributed by atoms with van der Waals surface area (Å²) in [4.78, 5) is 12.7. The van der Waals surface area contributed by atoms with Crippen LogP contribution in [0, 0.1) is 12.7 Å². The molecule has 116 valence electrons. The molecule has 1 aromatic heterocycles. The summed E-state index contributed by atoms with van der Waals surface area (Å²) in [7, 11) is 0. The Morgan fingerprint density at radius 3 is 2.70 bits per heavy atom. The lowest BCUT2D eigenvalue weighted by Crippen LogP contribution is -2.08. The summed E-state index contributed by atoms with van der Waals surface area (Å²) < 4.78 is 24.6. The predicted octanol–water partition coefficient (Wildman–Crippen LogP) is 4.44. The lowest BCUT2D eigenvalue weighted by atomic mass is 10.00. The minimum absolute atomic E-state index is 0.247. The average molecular weight is 310 g/mol. The molecule has 3 nitrogen and oxygen atoms in total. The lowest BCUT2D eigenvalue weighted by molar-refractivity contribution is 0.101. The molecular weight excluding hydrogens is 295 g/mol. The third-order valence-corrected chi connectivity index (χ3v) is 4.28. The third kappa shape index (κ3) is 2.22. The number of carbonyl (C=O) groups excluding carboxylic acids is 1. The Morgan fingerprint density at radius 2 is 1.91 bits per heavy atom. The molecule has 2 aromatic carbocycles. The van der Waals surface area contributed by atoms with E-state index in [9.17, 15) is 9.18 Å². The first-order chi connectivity index (χ1) is 11.1. The molecule has 0 atom stereocenters. The van der Waals surface area contributed by atoms with Crippen LogP contribution in [0.5, 0.6) is 5.75 Å². The van der Waals surface area contributed by atoms with E-state index < -0.39 is 0 Å². The van der Waals surface area contributed by atoms with Crippen LogP contribution in [0.15, 0.2) is 40.8 Å². The largest absolute Gasteiger partial charge is 0.493 e. The van der Waals surface area contributed by atoms with E-state index in [1.54, 1.807) is 0 Å². The van der Waals surface area contributed by atoms with Crippen molar-refractivity contribution in [2.75, 3.05) is 6.61 Å². The van der Waals surface area contributed by atoms with E-state index in [1.165, 1.54) is 24.3 Å². The minimum atomic E-state index is -0.370. The summed E-state index contributed by atoms with van der Waals surface area (Å²) in [5.74, 6) is 0.496. The van der Waals surface area contributed by atoms with Crippen molar-refractivity contribution in [1.29, 1.82) is 0 Å². The van der Waals surface area contributed by atoms with Gasteiger partial charge in [-0.15, -0.1) is 0 Å². The number of fused-ring (bicyclic) bond motifs is 3. The summed E-state index contributed by atoms with van der Waals surface area (Å²) in [5.41, 5.74) is 2.97. The standard InChI is InChI=1S/C19H15FO3/c1-11-16-15(9-6-13-3-2-10-22-19(13)16)23-18(11)17(21)12-4-7-14(20)8-5-12/h4-9H,2-3,10H2,1H3. The van der Waals surface area contributed by atoms with Gasteiger partial charge in [0.1, 0.15) is 17.1 Å². The van der Waals surface area contributed by atoms with Crippen molar-refractivity contribution in [2.45, 2.75) is 19.8 Å². The van der Waals surface area contributed by atoms with Crippen LogP contribution >= 0.6 is 0 Å². The van der Waals surface area contributed by atoms with Crippen molar-refractivity contribution in [2.24, 2.45) is 0 Å². The van der Waals surface area contributed by atoms with Crippen LogP contribution in [0.4, 0.5) is 4.39 Å². The molecule has 0 saturated heterocycles. The monoisotopic (exact) mass is 310 g/mol. The Labute approximate surface area is 132 Å². The molecule has 0 spiro atoms. The van der Waals surface area contributed by atoms with Gasteiger partial charge in [0, 0.05) is 11.1 Å². The predicted molar refractivity (Wildman–Crippen MR) is 84.6 cm³/mol. The molecule has 1 aliphatic heterocycles. The van der Waals surface area contributed by atoms with Gasteiger partial charge in [-0.25, -0.2) is 4.39 Å². The average Bonchev–Trinajstić information content (AvgIpc) is 2.92. The second-order valence-electron chi connectivity index (χ2n) is 5.77. The summed E-state index contributed by atoms with van der Waals surface area (Å²) in [6.07, 6.45) is 1.97. The van der Waals surface area contributed by atoms with Gasteiger partial charge >= 0.3 is 0 Å². The van der Waals surface area contributed by atoms with Crippen LogP contribution in [0.25, 0.3) is 11.0 Å². The van der Waals surface area contributed by atoms with Crippen molar-refractivity contribution in [3.05, 3.63) is 64.7 Å². The van der Waals surface area contributed by atoms with Gasteiger partial charge in [-0.05, 0) is 55.7 Å². The molecule has 0 N–H and O–H groups in total. The summed E-state index contributed by atoms with van der Waals surface area (Å²) in [5, 5.41) is 0.868. The zero-order valence-corrected chi connectivity index (χ0v) is 12.7. The second kappa shape index (κ2) is 5.23. The highest BCUT2D eigenvalue weighted by atomic mass is 19.1. The number of halogens is 1. The number of ketones is 1. The van der Waals surface area contributed by atoms with Crippen LogP contribution < -0.4 is 4.74 Å². The van der Waals surface area contributed by atoms with E-state index in [0.717, 1.165) is 35.1 Å². The van der Waals surface area contributed by atoms with Crippen LogP contribution in [0.1, 0.15) is 33.7 Å². The van der Waals surface area contributed by atoms with Gasteiger partial charge in [-0.1, -0.05) is 6.07 Å². The fourth-order valence-electron chi connectivity index (χ4n) is 3.10. The molecule has 0 saturated carbocycles. The maximum absolute atomic E-state index is 13.0. The number of carbonyl (C=O) groups is 1. The van der Waals surface area contributed by atoms with Crippen molar-refractivity contribution >= 4 is 16.8 Å². The normalized spacial score (nSPS) is 13.7. The van der Waals surface area contributed by atoms with E-state index >= 15 is 0 Å². The van der Waals surface area contributed by atoms with Crippen molar-refractivity contribution < 1.29 is 18.3 Å². The molecule has 4 rings (SSSR count). The Bertz CT molecular complexity index is 907. The first-order valence-electron chi connectivity index (χ1n) is 7.63. The zero-order chi connectivity index (χ0) is 16.0. The van der Waals surface area contributed by atoms with E-state index in [4.69, 9.17) is 9.15 Å². The highest BCUT2D eigenvalue weighted by molar-refractivity contribution is 6.11. The molecule has 0 unspecified atom stereocenters. The van der Waals surface area contributed by atoms with Gasteiger partial charge in [-0.2, -0.15) is 0 Å². The molecule has 0 radical (unpaired) electrons. The summed E-state index contributed by atoms with van der Waals surface area (Å²) in [6.45, 7) is 2.54. The molecule has 2 heterocycles. The first kappa shape index (κ1) is 14.0. The fourth-order valence-corrected chi connectivity index (χ4v) is 3.10. The molecule has 0 fully saturated rings. The van der Waals surface area contributed by atoms with Crippen LogP contribution in [0.3, 0.4) is 0 Å². The second-order valence-corrected chi connectivity index (χ2v) is 5.77. The van der Waals surface area contributed by atoms with Crippen LogP contribution in [-0.2, 0) is 6.42 Å². The van der Waals surface area contributed by atoms with E-state index in [1.807, 2.05) is 19.1 Å². The number of benzene rings is 2. The first-order valence-corrected chi connectivity index (χ1v) is 7.63. The highest BCUT2D eigenvalue weighted by Crippen LogP contribution is 2.38. The number of rotatable bonds is 2. The van der Waals surface area contributed by atoms with Crippen molar-refractivity contribution in [1.82, 2.24) is 0 Å². The maximum Gasteiger partial charge on any atom is 0.228 e. The van der Waals surface area contributed by atoms with Gasteiger partial charge in [0.25, 0.3) is 0 Å². The van der Waals surface area contributed by atoms with Gasteiger partial charge < -0.3 is 9.15 Å². The molecule has 23 heavy (non-hydrogen) atoms. The van der Waals surface area contributed by atoms with E-state index in [0.29, 0.717) is 17.8 Å². The quantitative estimate of drug-likeness (QED) is 0.657. The van der Waals surface area contributed by atoms with Gasteiger partial charge in [-0.3, -0.25) is 4.79 Å². The molecule has 4 heteroatoms. The number of ether oxygens (including phenoxy) is 1. The Hall–Kier alpha value is -2.62. The Morgan fingerprint density at radius 1 is 1.13 bits per heavy atom.